The molecule has 2 rings (SSSR count). The molecule has 0 bridgehead atoms. The van der Waals surface area contributed by atoms with Gasteiger partial charge in [-0.1, -0.05) is 0 Å². The molecule has 0 aliphatic carbocycles. The van der Waals surface area contributed by atoms with Crippen molar-refractivity contribution in [1.29, 1.82) is 0 Å². The third-order valence-corrected chi connectivity index (χ3v) is 2.96. The molecule has 1 atom stereocenters. The topological polar surface area (TPSA) is 23.5 Å². The molecule has 1 aromatic carbocycles. The van der Waals surface area contributed by atoms with Crippen LogP contribution in [0.1, 0.15) is 12.0 Å². The zero-order valence-corrected chi connectivity index (χ0v) is 9.00. The van der Waals surface area contributed by atoms with Crippen LogP contribution in [0.5, 0.6) is 0 Å². The van der Waals surface area contributed by atoms with Crippen molar-refractivity contribution in [3.8, 4) is 0 Å². The van der Waals surface area contributed by atoms with E-state index in [0.717, 1.165) is 25.6 Å². The summed E-state index contributed by atoms with van der Waals surface area (Å²) in [5.74, 6) is -0.765. The van der Waals surface area contributed by atoms with E-state index in [1.54, 1.807) is 0 Å². The lowest BCUT2D eigenvalue weighted by Gasteiger charge is -2.15. The maximum atomic E-state index is 12.9. The van der Waals surface area contributed by atoms with Gasteiger partial charge in [0.15, 0.2) is 0 Å². The second-order valence-corrected chi connectivity index (χ2v) is 4.35. The maximum Gasteiger partial charge on any atom is 0.126 e. The molecule has 0 saturated carbocycles. The van der Waals surface area contributed by atoms with Gasteiger partial charge in [0, 0.05) is 25.8 Å². The molecule has 2 nitrogen and oxygen atoms in total. The Kier molecular flexibility index (Phi) is 3.51. The number of likely N-dealkylation sites (tertiary alicyclic amines) is 1. The van der Waals surface area contributed by atoms with Gasteiger partial charge in [0.2, 0.25) is 0 Å². The van der Waals surface area contributed by atoms with Crippen molar-refractivity contribution in [3.05, 3.63) is 35.4 Å². The van der Waals surface area contributed by atoms with Crippen LogP contribution in [-0.2, 0) is 6.54 Å². The summed E-state index contributed by atoms with van der Waals surface area (Å²) < 4.78 is 25.9. The van der Waals surface area contributed by atoms with Crippen molar-refractivity contribution >= 4 is 0 Å². The summed E-state index contributed by atoms with van der Waals surface area (Å²) in [6.45, 7) is 2.41. The summed E-state index contributed by atoms with van der Waals surface area (Å²) in [4.78, 5) is 2.11. The summed E-state index contributed by atoms with van der Waals surface area (Å²) >= 11 is 0. The van der Waals surface area contributed by atoms with Gasteiger partial charge in [-0.05, 0) is 36.6 Å². The van der Waals surface area contributed by atoms with Crippen molar-refractivity contribution in [2.24, 2.45) is 5.92 Å². The number of hydrogen-bond acceptors (Lipinski definition) is 2. The number of aliphatic hydroxyl groups excluding tert-OH is 1. The normalized spacial score (nSPS) is 21.6. The fraction of sp³-hybridized carbons (Fsp3) is 0.500. The number of benzene rings is 1. The molecule has 1 aliphatic rings. The fourth-order valence-electron chi connectivity index (χ4n) is 2.17. The molecular formula is C12H15F2NO. The zero-order chi connectivity index (χ0) is 11.5. The van der Waals surface area contributed by atoms with Crippen molar-refractivity contribution < 1.29 is 13.9 Å². The Labute approximate surface area is 93.5 Å². The molecule has 1 fully saturated rings. The lowest BCUT2D eigenvalue weighted by molar-refractivity contribution is 0.220. The van der Waals surface area contributed by atoms with Crippen LogP contribution in [0.2, 0.25) is 0 Å². The first kappa shape index (κ1) is 11.5. The molecule has 16 heavy (non-hydrogen) atoms. The van der Waals surface area contributed by atoms with E-state index < -0.39 is 11.6 Å². The monoisotopic (exact) mass is 227 g/mol. The summed E-state index contributed by atoms with van der Waals surface area (Å²) in [7, 11) is 0. The molecule has 1 saturated heterocycles. The molecule has 0 radical (unpaired) electrons. The SMILES string of the molecule is OC[C@H]1CCN(Cc2cc(F)cc(F)c2)C1. The van der Waals surface area contributed by atoms with Crippen LogP contribution in [0.3, 0.4) is 0 Å². The third kappa shape index (κ3) is 2.77. The molecule has 0 unspecified atom stereocenters. The second-order valence-electron chi connectivity index (χ2n) is 4.35. The molecule has 1 aliphatic heterocycles. The molecule has 4 heteroatoms. The van der Waals surface area contributed by atoms with Crippen LogP contribution in [0.25, 0.3) is 0 Å². The number of halogens is 2. The van der Waals surface area contributed by atoms with Crippen molar-refractivity contribution in [2.75, 3.05) is 19.7 Å². The Bertz CT molecular complexity index is 350. The molecule has 0 amide bonds. The number of hydrogen-bond donors (Lipinski definition) is 1. The van der Waals surface area contributed by atoms with Crippen LogP contribution < -0.4 is 0 Å². The fourth-order valence-corrected chi connectivity index (χ4v) is 2.17. The lowest BCUT2D eigenvalue weighted by atomic mass is 10.1. The average molecular weight is 227 g/mol. The van der Waals surface area contributed by atoms with Gasteiger partial charge in [0.1, 0.15) is 11.6 Å². The first-order valence-electron chi connectivity index (χ1n) is 5.45. The molecule has 88 valence electrons. The molecule has 1 N–H and O–H groups in total. The predicted octanol–water partition coefficient (Wildman–Crippen LogP) is 1.78. The van der Waals surface area contributed by atoms with E-state index in [-0.39, 0.29) is 6.61 Å². The summed E-state index contributed by atoms with van der Waals surface area (Å²) in [6.07, 6.45) is 0.953. The van der Waals surface area contributed by atoms with Gasteiger partial charge in [0.25, 0.3) is 0 Å². The Morgan fingerprint density at radius 3 is 2.50 bits per heavy atom. The van der Waals surface area contributed by atoms with Crippen molar-refractivity contribution in [1.82, 2.24) is 4.90 Å². The van der Waals surface area contributed by atoms with Gasteiger partial charge < -0.3 is 5.11 Å². The Hall–Kier alpha value is -1.00. The van der Waals surface area contributed by atoms with Gasteiger partial charge in [-0.25, -0.2) is 8.78 Å². The third-order valence-electron chi connectivity index (χ3n) is 2.96. The van der Waals surface area contributed by atoms with Crippen LogP contribution in [0.4, 0.5) is 8.78 Å². The summed E-state index contributed by atoms with van der Waals surface area (Å²) in [6, 6.07) is 3.59. The van der Waals surface area contributed by atoms with Gasteiger partial charge in [-0.2, -0.15) is 0 Å². The summed E-state index contributed by atoms with van der Waals surface area (Å²) in [5.41, 5.74) is 0.649. The number of aliphatic hydroxyl groups is 1. The molecule has 1 heterocycles. The highest BCUT2D eigenvalue weighted by Gasteiger charge is 2.21. The standard InChI is InChI=1S/C12H15F2NO/c13-11-3-10(4-12(14)5-11)7-15-2-1-9(6-15)8-16/h3-5,9,16H,1-2,6-8H2/t9-/m0/s1. The molecule has 0 aromatic heterocycles. The van der Waals surface area contributed by atoms with Crippen molar-refractivity contribution in [2.45, 2.75) is 13.0 Å². The van der Waals surface area contributed by atoms with E-state index in [0.29, 0.717) is 18.0 Å². The minimum atomic E-state index is -0.534. The first-order chi connectivity index (χ1) is 7.67. The second kappa shape index (κ2) is 4.89. The predicted molar refractivity (Wildman–Crippen MR) is 56.8 cm³/mol. The van der Waals surface area contributed by atoms with E-state index in [4.69, 9.17) is 5.11 Å². The minimum absolute atomic E-state index is 0.189. The lowest BCUT2D eigenvalue weighted by Crippen LogP contribution is -2.21. The highest BCUT2D eigenvalue weighted by atomic mass is 19.1. The van der Waals surface area contributed by atoms with Crippen molar-refractivity contribution in [3.63, 3.8) is 0 Å². The van der Waals surface area contributed by atoms with E-state index in [1.165, 1.54) is 12.1 Å². The molecule has 0 spiro atoms. The van der Waals surface area contributed by atoms with Gasteiger partial charge in [-0.3, -0.25) is 4.90 Å². The van der Waals surface area contributed by atoms with Gasteiger partial charge in [-0.15, -0.1) is 0 Å². The van der Waals surface area contributed by atoms with Gasteiger partial charge >= 0.3 is 0 Å². The Morgan fingerprint density at radius 1 is 1.25 bits per heavy atom. The molecule has 1 aromatic rings. The molecular weight excluding hydrogens is 212 g/mol. The highest BCUT2D eigenvalue weighted by molar-refractivity contribution is 5.17. The number of rotatable bonds is 3. The Morgan fingerprint density at radius 2 is 1.94 bits per heavy atom. The van der Waals surface area contributed by atoms with E-state index in [1.807, 2.05) is 0 Å². The largest absolute Gasteiger partial charge is 0.396 e. The van der Waals surface area contributed by atoms with Crippen LogP contribution in [-0.4, -0.2) is 29.7 Å². The maximum absolute atomic E-state index is 12.9. The van der Waals surface area contributed by atoms with Gasteiger partial charge in [0.05, 0.1) is 0 Å². The number of nitrogens with zero attached hydrogens (tertiary/aromatic N) is 1. The quantitative estimate of drug-likeness (QED) is 0.850. The average Bonchev–Trinajstić information content (AvgIpc) is 2.64. The highest BCUT2D eigenvalue weighted by Crippen LogP contribution is 2.18. The van der Waals surface area contributed by atoms with Crippen LogP contribution in [0.15, 0.2) is 18.2 Å². The smallest absolute Gasteiger partial charge is 0.126 e. The zero-order valence-electron chi connectivity index (χ0n) is 9.00. The van der Waals surface area contributed by atoms with E-state index in [2.05, 4.69) is 4.90 Å². The minimum Gasteiger partial charge on any atom is -0.396 e. The van der Waals surface area contributed by atoms with Crippen LogP contribution in [0, 0.1) is 17.6 Å². The van der Waals surface area contributed by atoms with E-state index >= 15 is 0 Å². The summed E-state index contributed by atoms with van der Waals surface area (Å²) in [5, 5.41) is 8.99. The van der Waals surface area contributed by atoms with E-state index in [9.17, 15) is 8.78 Å². The van der Waals surface area contributed by atoms with Crippen LogP contribution >= 0.6 is 0 Å². The first-order valence-corrected chi connectivity index (χ1v) is 5.45. The Balaban J connectivity index is 1.99.